The second kappa shape index (κ2) is 26.0. The van der Waals surface area contributed by atoms with Gasteiger partial charge in [-0.2, -0.15) is 0 Å². The fourth-order valence-electron chi connectivity index (χ4n) is 7.01. The lowest BCUT2D eigenvalue weighted by Crippen LogP contribution is -2.66. The molecule has 19 nitrogen and oxygen atoms in total. The summed E-state index contributed by atoms with van der Waals surface area (Å²) in [5.41, 5.74) is 0. The third-order valence-electron chi connectivity index (χ3n) is 10.6. The Morgan fingerprint density at radius 1 is 0.614 bits per heavy atom. The molecular formula is C38H69NO18. The Hall–Kier alpha value is -1.47. The summed E-state index contributed by atoms with van der Waals surface area (Å²) in [6.07, 6.45) is -12.0. The van der Waals surface area contributed by atoms with Crippen molar-refractivity contribution in [3.05, 3.63) is 12.2 Å². The second-order valence-electron chi connectivity index (χ2n) is 15.1. The summed E-state index contributed by atoms with van der Waals surface area (Å²) in [5, 5.41) is 118. The van der Waals surface area contributed by atoms with Crippen LogP contribution in [0.3, 0.4) is 0 Å². The summed E-state index contributed by atoms with van der Waals surface area (Å²) in [6, 6.07) is -0.959. The number of allylic oxidation sites excluding steroid dienone is 1. The first kappa shape index (κ1) is 49.9. The van der Waals surface area contributed by atoms with Crippen LogP contribution in [-0.4, -0.2) is 193 Å². The zero-order valence-corrected chi connectivity index (χ0v) is 33.1. The molecule has 12 N–H and O–H groups in total. The van der Waals surface area contributed by atoms with E-state index in [4.69, 9.17) is 28.4 Å². The normalized spacial score (nSPS) is 37.3. The standard InChI is InChI=1S/C38H69NO18/c1-3-5-7-8-9-10-11-12-14-15-22(43)21(39-26(44)16-13-6-4-2)20-52-36-32(50)29(47)34(24(18-41)54-36)57-38-33(51)30(48)35(25(19-42)55-38)56-37-31(49)28(46)27(45)23(17-40)53-37/h14-15,21-25,27-38,40-43,45-51H,3-13,16-20H2,1-2H3,(H,39,44)/b15-14+. The van der Waals surface area contributed by atoms with Crippen LogP contribution >= 0.6 is 0 Å². The third-order valence-corrected chi connectivity index (χ3v) is 10.6. The summed E-state index contributed by atoms with van der Waals surface area (Å²) in [5.74, 6) is -0.307. The van der Waals surface area contributed by atoms with Gasteiger partial charge in [0.1, 0.15) is 73.2 Å². The van der Waals surface area contributed by atoms with Gasteiger partial charge in [0.15, 0.2) is 18.9 Å². The smallest absolute Gasteiger partial charge is 0.220 e. The van der Waals surface area contributed by atoms with Crippen molar-refractivity contribution in [1.29, 1.82) is 0 Å². The van der Waals surface area contributed by atoms with Crippen molar-refractivity contribution in [3.63, 3.8) is 0 Å². The highest BCUT2D eigenvalue weighted by Crippen LogP contribution is 2.32. The van der Waals surface area contributed by atoms with Crippen LogP contribution in [0.4, 0.5) is 0 Å². The molecule has 57 heavy (non-hydrogen) atoms. The fourth-order valence-corrected chi connectivity index (χ4v) is 7.01. The van der Waals surface area contributed by atoms with Crippen molar-refractivity contribution in [3.8, 4) is 0 Å². The van der Waals surface area contributed by atoms with E-state index in [0.717, 1.165) is 38.5 Å². The van der Waals surface area contributed by atoms with Gasteiger partial charge in [-0.1, -0.05) is 77.4 Å². The van der Waals surface area contributed by atoms with E-state index in [1.165, 1.54) is 25.7 Å². The van der Waals surface area contributed by atoms with Crippen LogP contribution < -0.4 is 5.32 Å². The van der Waals surface area contributed by atoms with Gasteiger partial charge in [-0.3, -0.25) is 4.79 Å². The molecule has 3 fully saturated rings. The van der Waals surface area contributed by atoms with E-state index in [1.54, 1.807) is 6.08 Å². The van der Waals surface area contributed by atoms with Gasteiger partial charge >= 0.3 is 0 Å². The number of carbonyl (C=O) groups is 1. The Balaban J connectivity index is 1.62. The number of amides is 1. The van der Waals surface area contributed by atoms with Gasteiger partial charge in [-0.25, -0.2) is 0 Å². The van der Waals surface area contributed by atoms with E-state index in [-0.39, 0.29) is 18.9 Å². The number of hydrogen-bond donors (Lipinski definition) is 12. The number of aliphatic hydroxyl groups is 11. The molecule has 17 unspecified atom stereocenters. The molecule has 334 valence electrons. The number of rotatable bonds is 25. The van der Waals surface area contributed by atoms with Crippen molar-refractivity contribution in [2.45, 2.75) is 195 Å². The van der Waals surface area contributed by atoms with Gasteiger partial charge in [-0.15, -0.1) is 0 Å². The van der Waals surface area contributed by atoms with E-state index < -0.39 is 124 Å². The van der Waals surface area contributed by atoms with Gasteiger partial charge in [-0.05, 0) is 19.3 Å². The van der Waals surface area contributed by atoms with Crippen molar-refractivity contribution < 1.29 is 89.4 Å². The Morgan fingerprint density at radius 3 is 1.65 bits per heavy atom. The summed E-state index contributed by atoms with van der Waals surface area (Å²) >= 11 is 0. The molecule has 0 radical (unpaired) electrons. The Bertz CT molecular complexity index is 1130. The van der Waals surface area contributed by atoms with Crippen LogP contribution in [0.1, 0.15) is 90.9 Å². The summed E-state index contributed by atoms with van der Waals surface area (Å²) < 4.78 is 33.7. The number of unbranched alkanes of at least 4 members (excludes halogenated alkanes) is 9. The average Bonchev–Trinajstić information content (AvgIpc) is 3.20. The summed E-state index contributed by atoms with van der Waals surface area (Å²) in [4.78, 5) is 12.7. The maximum Gasteiger partial charge on any atom is 0.220 e. The molecule has 0 aromatic carbocycles. The zero-order valence-electron chi connectivity index (χ0n) is 33.1. The lowest BCUT2D eigenvalue weighted by atomic mass is 9.96. The first-order chi connectivity index (χ1) is 27.3. The first-order valence-electron chi connectivity index (χ1n) is 20.4. The number of aliphatic hydroxyl groups excluding tert-OH is 11. The quantitative estimate of drug-likeness (QED) is 0.0337. The van der Waals surface area contributed by atoms with Crippen molar-refractivity contribution in [2.75, 3.05) is 26.4 Å². The number of carbonyl (C=O) groups excluding carboxylic acids is 1. The molecule has 3 aliphatic rings. The minimum Gasteiger partial charge on any atom is -0.394 e. The molecular weight excluding hydrogens is 758 g/mol. The Morgan fingerprint density at radius 2 is 1.09 bits per heavy atom. The van der Waals surface area contributed by atoms with E-state index in [1.807, 2.05) is 13.0 Å². The van der Waals surface area contributed by atoms with Crippen LogP contribution in [0.2, 0.25) is 0 Å². The van der Waals surface area contributed by atoms with Crippen molar-refractivity contribution >= 4 is 5.91 Å². The highest BCUT2D eigenvalue weighted by atomic mass is 16.8. The largest absolute Gasteiger partial charge is 0.394 e. The van der Waals surface area contributed by atoms with E-state index in [0.29, 0.717) is 6.42 Å². The fraction of sp³-hybridized carbons (Fsp3) is 0.921. The highest BCUT2D eigenvalue weighted by molar-refractivity contribution is 5.76. The minimum atomic E-state index is -1.97. The second-order valence-corrected chi connectivity index (χ2v) is 15.1. The summed E-state index contributed by atoms with van der Waals surface area (Å²) in [6.45, 7) is 1.41. The first-order valence-corrected chi connectivity index (χ1v) is 20.4. The molecule has 1 amide bonds. The van der Waals surface area contributed by atoms with Crippen LogP contribution in [0.25, 0.3) is 0 Å². The molecule has 0 spiro atoms. The topological polar surface area (TPSA) is 307 Å². The molecule has 19 heteroatoms. The van der Waals surface area contributed by atoms with Gasteiger partial charge < -0.3 is 89.9 Å². The molecule has 0 aliphatic carbocycles. The van der Waals surface area contributed by atoms with E-state index in [9.17, 15) is 61.0 Å². The predicted octanol–water partition coefficient (Wildman–Crippen LogP) is -2.43. The monoisotopic (exact) mass is 827 g/mol. The molecule has 0 aromatic heterocycles. The van der Waals surface area contributed by atoms with Crippen molar-refractivity contribution in [2.24, 2.45) is 0 Å². The molecule has 3 rings (SSSR count). The van der Waals surface area contributed by atoms with Crippen LogP contribution in [0.15, 0.2) is 12.2 Å². The molecule has 3 heterocycles. The van der Waals surface area contributed by atoms with E-state index >= 15 is 0 Å². The Labute approximate surface area is 334 Å². The maximum absolute atomic E-state index is 12.7. The maximum atomic E-state index is 12.7. The number of ether oxygens (including phenoxy) is 6. The minimum absolute atomic E-state index is 0.229. The van der Waals surface area contributed by atoms with Crippen LogP contribution in [-0.2, 0) is 33.2 Å². The van der Waals surface area contributed by atoms with Crippen LogP contribution in [0.5, 0.6) is 0 Å². The molecule has 0 aromatic rings. The average molecular weight is 828 g/mol. The molecule has 3 saturated heterocycles. The number of hydrogen-bond acceptors (Lipinski definition) is 18. The lowest BCUT2D eigenvalue weighted by Gasteiger charge is -2.48. The molecule has 17 atom stereocenters. The van der Waals surface area contributed by atoms with Gasteiger partial charge in [0.05, 0.1) is 38.6 Å². The lowest BCUT2D eigenvalue weighted by molar-refractivity contribution is -0.379. The SMILES string of the molecule is CCCCCCCCC/C=C/C(O)C(COC1OC(CO)C(OC2OC(CO)C(OC3OC(CO)C(O)C(O)C3O)C(O)C2O)C(O)C1O)NC(=O)CCCCC. The van der Waals surface area contributed by atoms with Gasteiger partial charge in [0.25, 0.3) is 0 Å². The zero-order chi connectivity index (χ0) is 42.1. The highest BCUT2D eigenvalue weighted by Gasteiger charge is 2.53. The predicted molar refractivity (Wildman–Crippen MR) is 199 cm³/mol. The van der Waals surface area contributed by atoms with Crippen LogP contribution in [0, 0.1) is 0 Å². The molecule has 0 saturated carbocycles. The Kier molecular flexibility index (Phi) is 22.8. The third kappa shape index (κ3) is 14.6. The molecule has 3 aliphatic heterocycles. The van der Waals surface area contributed by atoms with Gasteiger partial charge in [0, 0.05) is 6.42 Å². The van der Waals surface area contributed by atoms with E-state index in [2.05, 4.69) is 12.2 Å². The number of nitrogens with one attached hydrogen (secondary N) is 1. The van der Waals surface area contributed by atoms with Gasteiger partial charge in [0.2, 0.25) is 5.91 Å². The van der Waals surface area contributed by atoms with Crippen molar-refractivity contribution in [1.82, 2.24) is 5.32 Å². The summed E-state index contributed by atoms with van der Waals surface area (Å²) in [7, 11) is 0. The molecule has 0 bridgehead atoms.